The second kappa shape index (κ2) is 12.9. The maximum atomic E-state index is 11.6. The van der Waals surface area contributed by atoms with E-state index >= 15 is 0 Å². The monoisotopic (exact) mass is 367 g/mol. The van der Waals surface area contributed by atoms with E-state index in [-0.39, 0.29) is 62.8 Å². The molecule has 1 rings (SSSR count). The molecule has 8 nitrogen and oxygen atoms in total. The van der Waals surface area contributed by atoms with Gasteiger partial charge in [-0.05, 0) is 0 Å². The fraction of sp³-hybridized carbons (Fsp3) is 0.700. The van der Waals surface area contributed by atoms with Crippen molar-refractivity contribution in [3.05, 3.63) is 0 Å². The van der Waals surface area contributed by atoms with Crippen LogP contribution in [0.4, 0.5) is 0 Å². The second-order valence-electron chi connectivity index (χ2n) is 4.06. The van der Waals surface area contributed by atoms with Gasteiger partial charge < -0.3 is 20.4 Å². The summed E-state index contributed by atoms with van der Waals surface area (Å²) < 4.78 is 0. The van der Waals surface area contributed by atoms with Gasteiger partial charge in [0.15, 0.2) is 0 Å². The number of aliphatic carboxylic acids is 2. The molecule has 1 heterocycles. The average Bonchev–Trinajstić information content (AvgIpc) is 2.27. The summed E-state index contributed by atoms with van der Waals surface area (Å²) in [7, 11) is 0. The minimum absolute atomic E-state index is 0. The van der Waals surface area contributed by atoms with E-state index in [1.165, 1.54) is 4.90 Å². The maximum Gasteiger partial charge on any atom is 0.323 e. The molecule has 0 aliphatic carbocycles. The summed E-state index contributed by atoms with van der Waals surface area (Å²) in [5.74, 6) is -2.14. The third-order valence-corrected chi connectivity index (χ3v) is 2.60. The molecule has 1 saturated heterocycles. The normalized spacial score (nSPS) is 14.5. The van der Waals surface area contributed by atoms with Crippen LogP contribution in [0.1, 0.15) is 0 Å². The molecule has 11 heteroatoms. The predicted molar refractivity (Wildman–Crippen MR) is 82.9 cm³/mol. The van der Waals surface area contributed by atoms with Crippen molar-refractivity contribution in [1.29, 1.82) is 0 Å². The first-order valence-electron chi connectivity index (χ1n) is 5.63. The summed E-state index contributed by atoms with van der Waals surface area (Å²) in [6.07, 6.45) is 0. The summed E-state index contributed by atoms with van der Waals surface area (Å²) in [6, 6.07) is 0. The highest BCUT2D eigenvalue weighted by atomic mass is 35.5. The number of nitrogens with one attached hydrogen (secondary N) is 1. The van der Waals surface area contributed by atoms with Gasteiger partial charge in [-0.25, -0.2) is 0 Å². The lowest BCUT2D eigenvalue weighted by atomic mass is 10.3. The van der Waals surface area contributed by atoms with E-state index in [2.05, 4.69) is 5.32 Å². The summed E-state index contributed by atoms with van der Waals surface area (Å²) in [6.45, 7) is 1.87. The van der Waals surface area contributed by atoms with Crippen LogP contribution in [-0.4, -0.2) is 83.7 Å². The zero-order chi connectivity index (χ0) is 13.5. The SMILES string of the molecule is Cl.Cl.Cl.O=C(O)CNCCN1CCN(CC(=O)O)C(=O)C1. The van der Waals surface area contributed by atoms with E-state index in [0.717, 1.165) is 0 Å². The highest BCUT2D eigenvalue weighted by Gasteiger charge is 2.24. The number of hydrogen-bond acceptors (Lipinski definition) is 5. The smallest absolute Gasteiger partial charge is 0.323 e. The third-order valence-electron chi connectivity index (χ3n) is 2.60. The Labute approximate surface area is 141 Å². The third kappa shape index (κ3) is 10.6. The summed E-state index contributed by atoms with van der Waals surface area (Å²) in [5, 5.41) is 19.8. The Bertz CT molecular complexity index is 344. The molecular formula is C10H20Cl3N3O5. The molecule has 0 aromatic rings. The standard InChI is InChI=1S/C10H17N3O5.3ClH/c14-8-6-12(2-1-11-5-9(15)16)3-4-13(8)7-10(17)18;;;/h11H,1-7H2,(H,15,16)(H,17,18);3*1H. The lowest BCUT2D eigenvalue weighted by Crippen LogP contribution is -2.52. The van der Waals surface area contributed by atoms with Gasteiger partial charge in [-0.15, -0.1) is 37.2 Å². The lowest BCUT2D eigenvalue weighted by molar-refractivity contribution is -0.147. The number of carboxylic acid groups (broad SMARTS) is 2. The summed E-state index contributed by atoms with van der Waals surface area (Å²) in [4.78, 5) is 35.5. The van der Waals surface area contributed by atoms with Crippen LogP contribution in [0.15, 0.2) is 0 Å². The number of amides is 1. The van der Waals surface area contributed by atoms with Crippen LogP contribution < -0.4 is 5.32 Å². The number of piperazine rings is 1. The summed E-state index contributed by atoms with van der Waals surface area (Å²) in [5.41, 5.74) is 0. The van der Waals surface area contributed by atoms with Crippen molar-refractivity contribution < 1.29 is 24.6 Å². The van der Waals surface area contributed by atoms with E-state index in [9.17, 15) is 14.4 Å². The molecule has 1 amide bonds. The molecule has 1 aliphatic rings. The number of rotatable bonds is 7. The van der Waals surface area contributed by atoms with Crippen LogP contribution >= 0.6 is 37.2 Å². The molecule has 1 fully saturated rings. The van der Waals surface area contributed by atoms with Crippen LogP contribution in [0.3, 0.4) is 0 Å². The van der Waals surface area contributed by atoms with Crippen LogP contribution in [0.2, 0.25) is 0 Å². The molecule has 126 valence electrons. The zero-order valence-electron chi connectivity index (χ0n) is 11.2. The van der Waals surface area contributed by atoms with Gasteiger partial charge in [-0.2, -0.15) is 0 Å². The Hall–Kier alpha value is -0.800. The molecule has 0 bridgehead atoms. The van der Waals surface area contributed by atoms with Crippen molar-refractivity contribution in [2.75, 3.05) is 45.8 Å². The van der Waals surface area contributed by atoms with Gasteiger partial charge in [-0.1, -0.05) is 0 Å². The van der Waals surface area contributed by atoms with Crippen molar-refractivity contribution >= 4 is 55.1 Å². The average molecular weight is 369 g/mol. The Balaban J connectivity index is -0.00000108. The van der Waals surface area contributed by atoms with Crippen LogP contribution in [0.5, 0.6) is 0 Å². The van der Waals surface area contributed by atoms with Gasteiger partial charge in [0.1, 0.15) is 6.54 Å². The largest absolute Gasteiger partial charge is 0.480 e. The van der Waals surface area contributed by atoms with Crippen molar-refractivity contribution in [2.45, 2.75) is 0 Å². The first kappa shape index (κ1) is 25.2. The predicted octanol–water partition coefficient (Wildman–Crippen LogP) is -0.845. The molecule has 0 radical (unpaired) electrons. The van der Waals surface area contributed by atoms with E-state index in [1.54, 1.807) is 0 Å². The Kier molecular flexibility index (Phi) is 15.5. The maximum absolute atomic E-state index is 11.6. The van der Waals surface area contributed by atoms with Crippen LogP contribution in [-0.2, 0) is 14.4 Å². The fourth-order valence-electron chi connectivity index (χ4n) is 1.71. The number of hydrogen-bond donors (Lipinski definition) is 3. The van der Waals surface area contributed by atoms with E-state index in [4.69, 9.17) is 10.2 Å². The number of halogens is 3. The zero-order valence-corrected chi connectivity index (χ0v) is 13.6. The molecule has 1 aliphatic heterocycles. The van der Waals surface area contributed by atoms with Crippen molar-refractivity contribution in [3.63, 3.8) is 0 Å². The lowest BCUT2D eigenvalue weighted by Gasteiger charge is -2.33. The van der Waals surface area contributed by atoms with Gasteiger partial charge in [0.25, 0.3) is 0 Å². The quantitative estimate of drug-likeness (QED) is 0.502. The molecule has 0 spiro atoms. The van der Waals surface area contributed by atoms with Gasteiger partial charge in [0, 0.05) is 26.2 Å². The van der Waals surface area contributed by atoms with E-state index in [1.807, 2.05) is 4.90 Å². The minimum atomic E-state index is -1.01. The summed E-state index contributed by atoms with van der Waals surface area (Å²) >= 11 is 0. The van der Waals surface area contributed by atoms with Gasteiger partial charge in [0.05, 0.1) is 13.1 Å². The molecule has 21 heavy (non-hydrogen) atoms. The Morgan fingerprint density at radius 2 is 1.71 bits per heavy atom. The number of carboxylic acids is 2. The van der Waals surface area contributed by atoms with Crippen LogP contribution in [0.25, 0.3) is 0 Å². The van der Waals surface area contributed by atoms with Crippen molar-refractivity contribution in [3.8, 4) is 0 Å². The highest BCUT2D eigenvalue weighted by molar-refractivity contribution is 5.86. The molecule has 0 unspecified atom stereocenters. The molecular weight excluding hydrogens is 348 g/mol. The number of carbonyl (C=O) groups is 3. The van der Waals surface area contributed by atoms with E-state index in [0.29, 0.717) is 26.2 Å². The fourth-order valence-corrected chi connectivity index (χ4v) is 1.71. The van der Waals surface area contributed by atoms with Gasteiger partial charge in [0.2, 0.25) is 5.91 Å². The second-order valence-corrected chi connectivity index (χ2v) is 4.06. The Morgan fingerprint density at radius 3 is 2.19 bits per heavy atom. The molecule has 0 atom stereocenters. The van der Waals surface area contributed by atoms with Crippen LogP contribution in [0, 0.1) is 0 Å². The van der Waals surface area contributed by atoms with Gasteiger partial charge >= 0.3 is 11.9 Å². The van der Waals surface area contributed by atoms with Gasteiger partial charge in [-0.3, -0.25) is 19.3 Å². The topological polar surface area (TPSA) is 110 Å². The first-order valence-corrected chi connectivity index (χ1v) is 5.63. The van der Waals surface area contributed by atoms with Crippen molar-refractivity contribution in [2.24, 2.45) is 0 Å². The minimum Gasteiger partial charge on any atom is -0.480 e. The Morgan fingerprint density at radius 1 is 1.10 bits per heavy atom. The van der Waals surface area contributed by atoms with Crippen molar-refractivity contribution in [1.82, 2.24) is 15.1 Å². The van der Waals surface area contributed by atoms with E-state index < -0.39 is 11.9 Å². The molecule has 0 saturated carbocycles. The number of nitrogens with zero attached hydrogens (tertiary/aromatic N) is 2. The number of carbonyl (C=O) groups excluding carboxylic acids is 1. The highest BCUT2D eigenvalue weighted by Crippen LogP contribution is 2.02. The molecule has 3 N–H and O–H groups in total. The molecule has 0 aromatic carbocycles. The first-order chi connectivity index (χ1) is 8.49. The molecule has 0 aromatic heterocycles.